The van der Waals surface area contributed by atoms with Crippen molar-refractivity contribution in [3.8, 4) is 0 Å². The molecule has 4 rings (SSSR count). The first kappa shape index (κ1) is 15.7. The molecule has 4 atom stereocenters. The van der Waals surface area contributed by atoms with Crippen molar-refractivity contribution >= 4 is 33.5 Å². The quantitative estimate of drug-likeness (QED) is 0.766. The second kappa shape index (κ2) is 5.12. The molecule has 0 heterocycles. The van der Waals surface area contributed by atoms with Crippen LogP contribution in [-0.2, 0) is 9.59 Å². The molecule has 0 saturated heterocycles. The topological polar surface area (TPSA) is 66.4 Å². The minimum atomic E-state index is -1.03. The van der Waals surface area contributed by atoms with Crippen LogP contribution in [0.2, 0.25) is 0 Å². The molecule has 2 bridgehead atoms. The highest BCUT2D eigenvalue weighted by Crippen LogP contribution is 2.72. The predicted molar refractivity (Wildman–Crippen MR) is 85.1 cm³/mol. The fourth-order valence-corrected chi connectivity index (χ4v) is 4.96. The summed E-state index contributed by atoms with van der Waals surface area (Å²) >= 11 is 2.98. The zero-order valence-corrected chi connectivity index (χ0v) is 14.0. The Morgan fingerprint density at radius 1 is 1.12 bits per heavy atom. The van der Waals surface area contributed by atoms with Gasteiger partial charge in [-0.25, -0.2) is 8.78 Å². The van der Waals surface area contributed by atoms with Gasteiger partial charge in [-0.1, -0.05) is 28.1 Å². The standard InChI is InChI=1S/C17H14BrF2NO3/c18-7-5-10(19)14(11(20)6-7)21-15(22)12-8-1-2-9(13(12)16(23)24)17(8)3-4-17/h1-2,5-6,8-9,12-13H,3-4H2,(H,21,22)(H,23,24)/t8-,9+,12?,13+/m0/s1. The Morgan fingerprint density at radius 3 is 2.17 bits per heavy atom. The molecule has 7 heteroatoms. The lowest BCUT2D eigenvalue weighted by Gasteiger charge is -2.24. The van der Waals surface area contributed by atoms with Crippen LogP contribution < -0.4 is 5.32 Å². The molecule has 4 nitrogen and oxygen atoms in total. The second-order valence-corrected chi connectivity index (χ2v) is 7.71. The first-order chi connectivity index (χ1) is 11.3. The molecule has 1 unspecified atom stereocenters. The summed E-state index contributed by atoms with van der Waals surface area (Å²) in [6, 6.07) is 2.10. The number of anilines is 1. The van der Waals surface area contributed by atoms with Crippen LogP contribution in [-0.4, -0.2) is 17.0 Å². The van der Waals surface area contributed by atoms with Crippen LogP contribution in [0.1, 0.15) is 12.8 Å². The summed E-state index contributed by atoms with van der Waals surface area (Å²) in [5, 5.41) is 11.8. The SMILES string of the molecule is O=C(Nc1c(F)cc(Br)cc1F)C1[C@H](C(=O)O)[C@H]2C=C[C@@H]1C21CC1. The van der Waals surface area contributed by atoms with Gasteiger partial charge in [0, 0.05) is 4.47 Å². The third-order valence-corrected chi connectivity index (χ3v) is 6.14. The smallest absolute Gasteiger partial charge is 0.307 e. The molecule has 1 aromatic rings. The van der Waals surface area contributed by atoms with Gasteiger partial charge in [0.05, 0.1) is 11.8 Å². The summed E-state index contributed by atoms with van der Waals surface area (Å²) in [6.07, 6.45) is 5.57. The number of rotatable bonds is 3. The molecule has 2 saturated carbocycles. The first-order valence-corrected chi connectivity index (χ1v) is 8.51. The van der Waals surface area contributed by atoms with Gasteiger partial charge in [-0.2, -0.15) is 0 Å². The van der Waals surface area contributed by atoms with E-state index in [1.807, 2.05) is 12.2 Å². The summed E-state index contributed by atoms with van der Waals surface area (Å²) < 4.78 is 28.1. The Bertz CT molecular complexity index is 767. The van der Waals surface area contributed by atoms with E-state index in [4.69, 9.17) is 0 Å². The van der Waals surface area contributed by atoms with E-state index in [1.165, 1.54) is 0 Å². The molecule has 2 fully saturated rings. The van der Waals surface area contributed by atoms with Gasteiger partial charge < -0.3 is 10.4 Å². The molecule has 0 aliphatic heterocycles. The summed E-state index contributed by atoms with van der Waals surface area (Å²) in [6.45, 7) is 0. The van der Waals surface area contributed by atoms with Crippen LogP contribution >= 0.6 is 15.9 Å². The maximum atomic E-state index is 14.0. The fourth-order valence-electron chi connectivity index (χ4n) is 4.56. The number of hydrogen-bond acceptors (Lipinski definition) is 2. The van der Waals surface area contributed by atoms with Crippen LogP contribution in [0.5, 0.6) is 0 Å². The molecule has 1 aromatic carbocycles. The summed E-state index contributed by atoms with van der Waals surface area (Å²) in [4.78, 5) is 24.4. The molecule has 126 valence electrons. The number of carboxylic acids is 1. The highest BCUT2D eigenvalue weighted by Gasteiger charge is 2.70. The average Bonchev–Trinajstić information content (AvgIpc) is 3.16. The highest BCUT2D eigenvalue weighted by atomic mass is 79.9. The van der Waals surface area contributed by atoms with E-state index in [2.05, 4.69) is 21.2 Å². The Kier molecular flexibility index (Phi) is 3.36. The van der Waals surface area contributed by atoms with Crippen molar-refractivity contribution in [2.24, 2.45) is 29.1 Å². The minimum Gasteiger partial charge on any atom is -0.481 e. The van der Waals surface area contributed by atoms with Gasteiger partial charge in [0.2, 0.25) is 5.91 Å². The molecule has 1 amide bonds. The van der Waals surface area contributed by atoms with Gasteiger partial charge in [0.25, 0.3) is 0 Å². The van der Waals surface area contributed by atoms with Gasteiger partial charge in [0.1, 0.15) is 5.69 Å². The first-order valence-electron chi connectivity index (χ1n) is 7.72. The number of nitrogens with one attached hydrogen (secondary N) is 1. The van der Waals surface area contributed by atoms with Crippen LogP contribution in [0.4, 0.5) is 14.5 Å². The number of hydrogen-bond donors (Lipinski definition) is 2. The Balaban J connectivity index is 1.65. The fraction of sp³-hybridized carbons (Fsp3) is 0.412. The van der Waals surface area contributed by atoms with Crippen LogP contribution in [0, 0.1) is 40.7 Å². The van der Waals surface area contributed by atoms with E-state index in [1.54, 1.807) is 0 Å². The third-order valence-electron chi connectivity index (χ3n) is 5.68. The number of benzene rings is 1. The Morgan fingerprint density at radius 2 is 1.67 bits per heavy atom. The van der Waals surface area contributed by atoms with Gasteiger partial charge in [-0.05, 0) is 42.2 Å². The number of carboxylic acid groups (broad SMARTS) is 1. The molecule has 24 heavy (non-hydrogen) atoms. The number of carbonyl (C=O) groups is 2. The maximum Gasteiger partial charge on any atom is 0.307 e. The normalized spacial score (nSPS) is 31.5. The maximum absolute atomic E-state index is 14.0. The molecule has 2 N–H and O–H groups in total. The van der Waals surface area contributed by atoms with Crippen LogP contribution in [0.25, 0.3) is 0 Å². The molecular weight excluding hydrogens is 384 g/mol. The predicted octanol–water partition coefficient (Wildman–Crippen LogP) is 3.58. The van der Waals surface area contributed by atoms with Gasteiger partial charge in [-0.3, -0.25) is 9.59 Å². The van der Waals surface area contributed by atoms with Crippen LogP contribution in [0.15, 0.2) is 28.8 Å². The third kappa shape index (κ3) is 2.06. The van der Waals surface area contributed by atoms with E-state index in [0.29, 0.717) is 0 Å². The Labute approximate surface area is 145 Å². The van der Waals surface area contributed by atoms with Crippen LogP contribution in [0.3, 0.4) is 0 Å². The van der Waals surface area contributed by atoms with Crippen molar-refractivity contribution in [1.82, 2.24) is 0 Å². The lowest BCUT2D eigenvalue weighted by molar-refractivity contribution is -0.146. The average molecular weight is 398 g/mol. The van der Waals surface area contributed by atoms with Crippen molar-refractivity contribution in [2.45, 2.75) is 12.8 Å². The van der Waals surface area contributed by atoms with Crippen molar-refractivity contribution in [2.75, 3.05) is 5.32 Å². The molecular formula is C17H14BrF2NO3. The van der Waals surface area contributed by atoms with E-state index in [9.17, 15) is 23.5 Å². The minimum absolute atomic E-state index is 0.137. The summed E-state index contributed by atoms with van der Waals surface area (Å²) in [7, 11) is 0. The number of aliphatic carboxylic acids is 1. The number of halogens is 3. The molecule has 0 aromatic heterocycles. The Hall–Kier alpha value is -1.76. The molecule has 3 aliphatic rings. The number of allylic oxidation sites excluding steroid dienone is 2. The molecule has 0 radical (unpaired) electrons. The van der Waals surface area contributed by atoms with Gasteiger partial charge >= 0.3 is 5.97 Å². The second-order valence-electron chi connectivity index (χ2n) is 6.79. The van der Waals surface area contributed by atoms with E-state index in [0.717, 1.165) is 25.0 Å². The van der Waals surface area contributed by atoms with Gasteiger partial charge in [0.15, 0.2) is 11.6 Å². The molecule has 1 spiro atoms. The summed E-state index contributed by atoms with van der Waals surface area (Å²) in [5.41, 5.74) is -0.675. The van der Waals surface area contributed by atoms with Crippen molar-refractivity contribution in [1.29, 1.82) is 0 Å². The highest BCUT2D eigenvalue weighted by molar-refractivity contribution is 9.10. The lowest BCUT2D eigenvalue weighted by Crippen LogP contribution is -2.36. The monoisotopic (exact) mass is 397 g/mol. The molecule has 3 aliphatic carbocycles. The zero-order valence-electron chi connectivity index (χ0n) is 12.4. The van der Waals surface area contributed by atoms with Crippen molar-refractivity contribution in [3.63, 3.8) is 0 Å². The zero-order chi connectivity index (χ0) is 17.2. The number of carbonyl (C=O) groups excluding carboxylic acids is 1. The summed E-state index contributed by atoms with van der Waals surface area (Å²) in [5.74, 6) is -5.46. The van der Waals surface area contributed by atoms with E-state index < -0.39 is 41.0 Å². The van der Waals surface area contributed by atoms with Crippen molar-refractivity contribution in [3.05, 3.63) is 40.4 Å². The largest absolute Gasteiger partial charge is 0.481 e. The van der Waals surface area contributed by atoms with E-state index in [-0.39, 0.29) is 21.7 Å². The number of amides is 1. The van der Waals surface area contributed by atoms with Crippen molar-refractivity contribution < 1.29 is 23.5 Å². The van der Waals surface area contributed by atoms with E-state index >= 15 is 0 Å². The lowest BCUT2D eigenvalue weighted by atomic mass is 9.82. The van der Waals surface area contributed by atoms with Gasteiger partial charge in [-0.15, -0.1) is 0 Å².